The molecule has 1 fully saturated rings. The molecular formula is C21H27BrN4O3. The number of H-pyrrole nitrogens is 1. The van der Waals surface area contributed by atoms with Crippen LogP contribution in [0.3, 0.4) is 0 Å². The van der Waals surface area contributed by atoms with Gasteiger partial charge in [-0.25, -0.2) is 9.78 Å². The van der Waals surface area contributed by atoms with Crippen molar-refractivity contribution in [2.24, 2.45) is 5.92 Å². The van der Waals surface area contributed by atoms with E-state index in [1.54, 1.807) is 0 Å². The van der Waals surface area contributed by atoms with E-state index in [2.05, 4.69) is 42.0 Å². The Morgan fingerprint density at radius 2 is 2.14 bits per heavy atom. The van der Waals surface area contributed by atoms with Crippen LogP contribution < -0.4 is 5.32 Å². The van der Waals surface area contributed by atoms with Crippen molar-refractivity contribution in [3.8, 4) is 11.3 Å². The summed E-state index contributed by atoms with van der Waals surface area (Å²) < 4.78 is 5.74. The Balaban J connectivity index is 1.81. The molecule has 1 aromatic heterocycles. The van der Waals surface area contributed by atoms with Crippen molar-refractivity contribution >= 4 is 27.9 Å². The van der Waals surface area contributed by atoms with Crippen LogP contribution in [0.15, 0.2) is 28.9 Å². The third-order valence-corrected chi connectivity index (χ3v) is 6.20. The average Bonchev–Trinajstić information content (AvgIpc) is 3.36. The molecule has 29 heavy (non-hydrogen) atoms. The van der Waals surface area contributed by atoms with Crippen LogP contribution in [0.25, 0.3) is 11.3 Å². The van der Waals surface area contributed by atoms with Crippen LogP contribution >= 0.6 is 15.9 Å². The number of alkyl carbamates (subject to hydrolysis) is 1. The first-order valence-corrected chi connectivity index (χ1v) is 10.6. The Labute approximate surface area is 179 Å². The molecule has 3 rings (SSSR count). The maximum Gasteiger partial charge on any atom is 0.407 e. The van der Waals surface area contributed by atoms with E-state index < -0.39 is 12.1 Å². The van der Waals surface area contributed by atoms with Crippen molar-refractivity contribution in [3.63, 3.8) is 0 Å². The summed E-state index contributed by atoms with van der Waals surface area (Å²) in [6.07, 6.45) is 2.94. The van der Waals surface area contributed by atoms with Crippen molar-refractivity contribution < 1.29 is 14.3 Å². The van der Waals surface area contributed by atoms with Gasteiger partial charge >= 0.3 is 6.09 Å². The standard InChI is InChI=1S/C21H27BrN4O3/c1-12(2)18(25-21(28)29-4)20(27)26-9-5-6-17(26)19-23-11-16(24-19)14-7-8-15(22)13(3)10-14/h7-8,10-12,17-18H,5-6,9H2,1-4H3,(H,23,24)(H,25,28). The van der Waals surface area contributed by atoms with Gasteiger partial charge in [-0.1, -0.05) is 35.8 Å². The number of carbonyl (C=O) groups excluding carboxylic acids is 2. The fourth-order valence-corrected chi connectivity index (χ4v) is 3.90. The van der Waals surface area contributed by atoms with Gasteiger partial charge in [0, 0.05) is 11.0 Å². The van der Waals surface area contributed by atoms with Crippen LogP contribution in [-0.2, 0) is 9.53 Å². The highest BCUT2D eigenvalue weighted by Crippen LogP contribution is 2.33. The Morgan fingerprint density at radius 1 is 1.38 bits per heavy atom. The maximum absolute atomic E-state index is 13.2. The fraction of sp³-hybridized carbons (Fsp3) is 0.476. The van der Waals surface area contributed by atoms with E-state index in [0.717, 1.165) is 40.0 Å². The monoisotopic (exact) mass is 462 g/mol. The van der Waals surface area contributed by atoms with E-state index in [4.69, 9.17) is 0 Å². The van der Waals surface area contributed by atoms with Crippen LogP contribution in [-0.4, -0.2) is 46.6 Å². The van der Waals surface area contributed by atoms with Gasteiger partial charge in [0.1, 0.15) is 11.9 Å². The number of rotatable bonds is 5. The zero-order chi connectivity index (χ0) is 21.1. The van der Waals surface area contributed by atoms with Gasteiger partial charge in [0.05, 0.1) is 25.0 Å². The van der Waals surface area contributed by atoms with Gasteiger partial charge in [0.15, 0.2) is 0 Å². The summed E-state index contributed by atoms with van der Waals surface area (Å²) in [6.45, 7) is 6.50. The molecule has 2 N–H and O–H groups in total. The maximum atomic E-state index is 13.2. The van der Waals surface area contributed by atoms with Crippen molar-refractivity contribution in [2.45, 2.75) is 45.7 Å². The molecule has 0 saturated carbocycles. The molecule has 1 aliphatic heterocycles. The third-order valence-electron chi connectivity index (χ3n) is 5.31. The van der Waals surface area contributed by atoms with Crippen molar-refractivity contribution in [2.75, 3.05) is 13.7 Å². The molecule has 1 saturated heterocycles. The van der Waals surface area contributed by atoms with Crippen LogP contribution in [0, 0.1) is 12.8 Å². The third kappa shape index (κ3) is 4.63. The number of aromatic nitrogens is 2. The van der Waals surface area contributed by atoms with Crippen molar-refractivity contribution in [1.29, 1.82) is 0 Å². The number of ether oxygens (including phenoxy) is 1. The molecule has 1 aromatic carbocycles. The first-order chi connectivity index (χ1) is 13.8. The lowest BCUT2D eigenvalue weighted by Gasteiger charge is -2.30. The molecular weight excluding hydrogens is 436 g/mol. The number of nitrogens with one attached hydrogen (secondary N) is 2. The molecule has 8 heteroatoms. The van der Waals surface area contributed by atoms with E-state index in [0.29, 0.717) is 6.54 Å². The molecule has 0 bridgehead atoms. The second-order valence-corrected chi connectivity index (χ2v) is 8.55. The number of aromatic amines is 1. The van der Waals surface area contributed by atoms with Crippen LogP contribution in [0.2, 0.25) is 0 Å². The van der Waals surface area contributed by atoms with Gasteiger partial charge in [-0.05, 0) is 48.9 Å². The fourth-order valence-electron chi connectivity index (χ4n) is 3.66. The SMILES string of the molecule is COC(=O)NC(C(=O)N1CCCC1c1ncc(-c2ccc(Br)c(C)c2)[nH]1)C(C)C. The van der Waals surface area contributed by atoms with Gasteiger partial charge in [-0.2, -0.15) is 0 Å². The highest BCUT2D eigenvalue weighted by molar-refractivity contribution is 9.10. The Morgan fingerprint density at radius 3 is 2.79 bits per heavy atom. The van der Waals surface area contributed by atoms with Crippen LogP contribution in [0.5, 0.6) is 0 Å². The number of halogens is 1. The summed E-state index contributed by atoms with van der Waals surface area (Å²) in [5.74, 6) is 0.609. The molecule has 0 aliphatic carbocycles. The first-order valence-electron chi connectivity index (χ1n) is 9.78. The molecule has 2 amide bonds. The molecule has 2 atom stereocenters. The number of aryl methyl sites for hydroxylation is 1. The minimum absolute atomic E-state index is 0.0549. The number of hydrogen-bond donors (Lipinski definition) is 2. The minimum atomic E-state index is -0.633. The Bertz CT molecular complexity index is 896. The quantitative estimate of drug-likeness (QED) is 0.696. The lowest BCUT2D eigenvalue weighted by Crippen LogP contribution is -2.51. The second kappa shape index (κ2) is 8.98. The van der Waals surface area contributed by atoms with Crippen LogP contribution in [0.4, 0.5) is 4.79 Å². The molecule has 156 valence electrons. The van der Waals surface area contributed by atoms with Gasteiger partial charge in [-0.3, -0.25) is 4.79 Å². The second-order valence-electron chi connectivity index (χ2n) is 7.69. The Hall–Kier alpha value is -2.35. The van der Waals surface area contributed by atoms with Gasteiger partial charge in [-0.15, -0.1) is 0 Å². The number of nitrogens with zero attached hydrogens (tertiary/aromatic N) is 2. The number of likely N-dealkylation sites (tertiary alicyclic amines) is 1. The molecule has 7 nitrogen and oxygen atoms in total. The largest absolute Gasteiger partial charge is 0.453 e. The van der Waals surface area contributed by atoms with E-state index in [9.17, 15) is 9.59 Å². The summed E-state index contributed by atoms with van der Waals surface area (Å²) in [5, 5.41) is 2.67. The molecule has 1 aliphatic rings. The summed E-state index contributed by atoms with van der Waals surface area (Å²) in [5.41, 5.74) is 3.11. The summed E-state index contributed by atoms with van der Waals surface area (Å²) in [7, 11) is 1.30. The number of imidazole rings is 1. The van der Waals surface area contributed by atoms with Gasteiger partial charge < -0.3 is 19.9 Å². The number of hydrogen-bond acceptors (Lipinski definition) is 4. The van der Waals surface area contributed by atoms with E-state index in [1.807, 2.05) is 44.0 Å². The minimum Gasteiger partial charge on any atom is -0.453 e. The lowest BCUT2D eigenvalue weighted by molar-refractivity contribution is -0.135. The number of benzene rings is 1. The van der Waals surface area contributed by atoms with Gasteiger partial charge in [0.2, 0.25) is 5.91 Å². The van der Waals surface area contributed by atoms with Crippen molar-refractivity contribution in [3.05, 3.63) is 40.3 Å². The first kappa shape index (κ1) is 21.4. The van der Waals surface area contributed by atoms with Crippen LogP contribution in [0.1, 0.15) is 44.1 Å². The Kier molecular flexibility index (Phi) is 6.62. The molecule has 0 radical (unpaired) electrons. The average molecular weight is 463 g/mol. The predicted octanol–water partition coefficient (Wildman–Crippen LogP) is 4.19. The molecule has 2 aromatic rings. The molecule has 2 unspecified atom stereocenters. The topological polar surface area (TPSA) is 87.3 Å². The van der Waals surface area contributed by atoms with Crippen molar-refractivity contribution in [1.82, 2.24) is 20.2 Å². The highest BCUT2D eigenvalue weighted by atomic mass is 79.9. The lowest BCUT2D eigenvalue weighted by atomic mass is 10.0. The number of amides is 2. The zero-order valence-corrected chi connectivity index (χ0v) is 18.7. The number of carbonyl (C=O) groups is 2. The normalized spacial score (nSPS) is 17.4. The van der Waals surface area contributed by atoms with Gasteiger partial charge in [0.25, 0.3) is 0 Å². The molecule has 0 spiro atoms. The summed E-state index contributed by atoms with van der Waals surface area (Å²) in [4.78, 5) is 34.6. The summed E-state index contributed by atoms with van der Waals surface area (Å²) in [6, 6.07) is 5.37. The van der Waals surface area contributed by atoms with E-state index in [1.165, 1.54) is 7.11 Å². The smallest absolute Gasteiger partial charge is 0.407 e. The highest BCUT2D eigenvalue weighted by Gasteiger charge is 2.37. The predicted molar refractivity (Wildman–Crippen MR) is 114 cm³/mol. The number of methoxy groups -OCH3 is 1. The zero-order valence-electron chi connectivity index (χ0n) is 17.2. The summed E-state index contributed by atoms with van der Waals surface area (Å²) >= 11 is 3.52. The van der Waals surface area contributed by atoms with E-state index >= 15 is 0 Å². The van der Waals surface area contributed by atoms with E-state index in [-0.39, 0.29) is 17.9 Å². The molecule has 2 heterocycles.